The lowest BCUT2D eigenvalue weighted by molar-refractivity contribution is -0.0577. The second-order valence-corrected chi connectivity index (χ2v) is 3.34. The van der Waals surface area contributed by atoms with E-state index in [4.69, 9.17) is 10.00 Å². The lowest BCUT2D eigenvalue weighted by atomic mass is 9.77. The standard InChI is InChI=1S/C10H10N2O/c11-4-3-10(7-13-8-10)9-1-5-12-6-2-9/h1-2,5-6H,3,7-8H2. The monoisotopic (exact) mass is 174 g/mol. The summed E-state index contributed by atoms with van der Waals surface area (Å²) in [6, 6.07) is 6.12. The molecule has 3 heteroatoms. The summed E-state index contributed by atoms with van der Waals surface area (Å²) in [5.74, 6) is 0. The van der Waals surface area contributed by atoms with Crippen LogP contribution in [0.3, 0.4) is 0 Å². The normalized spacial score (nSPS) is 18.7. The first-order chi connectivity index (χ1) is 6.37. The Kier molecular flexibility index (Phi) is 1.99. The SMILES string of the molecule is N#CCC1(c2ccncc2)COC1. The first kappa shape index (κ1) is 8.21. The highest BCUT2D eigenvalue weighted by Crippen LogP contribution is 2.34. The van der Waals surface area contributed by atoms with Crippen LogP contribution in [0.15, 0.2) is 24.5 Å². The van der Waals surface area contributed by atoms with Crippen LogP contribution in [0, 0.1) is 11.3 Å². The minimum Gasteiger partial charge on any atom is -0.379 e. The summed E-state index contributed by atoms with van der Waals surface area (Å²) in [5, 5.41) is 8.71. The van der Waals surface area contributed by atoms with Crippen molar-refractivity contribution in [3.63, 3.8) is 0 Å². The van der Waals surface area contributed by atoms with Gasteiger partial charge in [-0.15, -0.1) is 0 Å². The topological polar surface area (TPSA) is 45.9 Å². The van der Waals surface area contributed by atoms with Crippen molar-refractivity contribution in [2.75, 3.05) is 13.2 Å². The van der Waals surface area contributed by atoms with Gasteiger partial charge in [0.25, 0.3) is 0 Å². The van der Waals surface area contributed by atoms with E-state index < -0.39 is 0 Å². The quantitative estimate of drug-likeness (QED) is 0.678. The lowest BCUT2D eigenvalue weighted by Gasteiger charge is -2.40. The van der Waals surface area contributed by atoms with Crippen LogP contribution in [-0.2, 0) is 10.2 Å². The fraction of sp³-hybridized carbons (Fsp3) is 0.400. The zero-order chi connectivity index (χ0) is 9.15. The fourth-order valence-corrected chi connectivity index (χ4v) is 1.58. The molecular weight excluding hydrogens is 164 g/mol. The van der Waals surface area contributed by atoms with Crippen molar-refractivity contribution >= 4 is 0 Å². The van der Waals surface area contributed by atoms with E-state index in [1.54, 1.807) is 12.4 Å². The highest BCUT2D eigenvalue weighted by molar-refractivity contribution is 5.27. The molecule has 2 heterocycles. The minimum atomic E-state index is -0.0578. The summed E-state index contributed by atoms with van der Waals surface area (Å²) in [5.41, 5.74) is 1.10. The van der Waals surface area contributed by atoms with E-state index in [9.17, 15) is 0 Å². The van der Waals surface area contributed by atoms with Gasteiger partial charge in [0.05, 0.1) is 24.7 Å². The van der Waals surface area contributed by atoms with Crippen LogP contribution in [-0.4, -0.2) is 18.2 Å². The molecule has 1 aliphatic rings. The molecule has 1 aromatic heterocycles. The molecule has 13 heavy (non-hydrogen) atoms. The molecule has 0 spiro atoms. The number of rotatable bonds is 2. The Labute approximate surface area is 77.0 Å². The van der Waals surface area contributed by atoms with Crippen molar-refractivity contribution in [1.82, 2.24) is 4.98 Å². The Balaban J connectivity index is 2.28. The Bertz CT molecular complexity index is 325. The average Bonchev–Trinajstić information content (AvgIpc) is 2.13. The maximum atomic E-state index is 8.71. The smallest absolute Gasteiger partial charge is 0.0632 e. The molecule has 2 rings (SSSR count). The van der Waals surface area contributed by atoms with E-state index in [-0.39, 0.29) is 5.41 Å². The zero-order valence-corrected chi connectivity index (χ0v) is 7.23. The van der Waals surface area contributed by atoms with Crippen molar-refractivity contribution in [3.8, 4) is 6.07 Å². The second kappa shape index (κ2) is 3.15. The predicted octanol–water partition coefficient (Wildman–Crippen LogP) is 1.26. The number of ether oxygens (including phenoxy) is 1. The third kappa shape index (κ3) is 1.30. The predicted molar refractivity (Wildman–Crippen MR) is 47.0 cm³/mol. The van der Waals surface area contributed by atoms with Crippen LogP contribution in [0.4, 0.5) is 0 Å². The molecule has 1 saturated heterocycles. The van der Waals surface area contributed by atoms with Gasteiger partial charge < -0.3 is 4.74 Å². The second-order valence-electron chi connectivity index (χ2n) is 3.34. The van der Waals surface area contributed by atoms with Crippen molar-refractivity contribution in [3.05, 3.63) is 30.1 Å². The van der Waals surface area contributed by atoms with Gasteiger partial charge in [-0.25, -0.2) is 0 Å². The van der Waals surface area contributed by atoms with Gasteiger partial charge in [-0.2, -0.15) is 5.26 Å². The third-order valence-electron chi connectivity index (χ3n) is 2.47. The highest BCUT2D eigenvalue weighted by atomic mass is 16.5. The van der Waals surface area contributed by atoms with E-state index >= 15 is 0 Å². The average molecular weight is 174 g/mol. The molecule has 3 nitrogen and oxygen atoms in total. The molecule has 1 aromatic rings. The van der Waals surface area contributed by atoms with Crippen molar-refractivity contribution < 1.29 is 4.74 Å². The number of hydrogen-bond donors (Lipinski definition) is 0. The van der Waals surface area contributed by atoms with E-state index in [0.29, 0.717) is 19.6 Å². The summed E-state index contributed by atoms with van der Waals surface area (Å²) in [7, 11) is 0. The maximum absolute atomic E-state index is 8.71. The Hall–Kier alpha value is -1.40. The molecular formula is C10H10N2O. The van der Waals surface area contributed by atoms with Crippen molar-refractivity contribution in [2.45, 2.75) is 11.8 Å². The molecule has 1 fully saturated rings. The molecule has 0 unspecified atom stereocenters. The first-order valence-corrected chi connectivity index (χ1v) is 4.23. The summed E-state index contributed by atoms with van der Waals surface area (Å²) < 4.78 is 5.17. The van der Waals surface area contributed by atoms with Gasteiger partial charge in [-0.1, -0.05) is 0 Å². The first-order valence-electron chi connectivity index (χ1n) is 4.23. The molecule has 66 valence electrons. The van der Waals surface area contributed by atoms with Crippen molar-refractivity contribution in [2.24, 2.45) is 0 Å². The fourth-order valence-electron chi connectivity index (χ4n) is 1.58. The summed E-state index contributed by atoms with van der Waals surface area (Å²) in [4.78, 5) is 3.95. The highest BCUT2D eigenvalue weighted by Gasteiger charge is 2.40. The molecule has 0 aliphatic carbocycles. The van der Waals surface area contributed by atoms with Gasteiger partial charge in [0, 0.05) is 18.8 Å². The number of nitriles is 1. The van der Waals surface area contributed by atoms with E-state index in [0.717, 1.165) is 5.56 Å². The van der Waals surface area contributed by atoms with E-state index in [2.05, 4.69) is 11.1 Å². The van der Waals surface area contributed by atoms with Crippen LogP contribution in [0.25, 0.3) is 0 Å². The minimum absolute atomic E-state index is 0.0578. The molecule has 0 radical (unpaired) electrons. The lowest BCUT2D eigenvalue weighted by Crippen LogP contribution is -2.46. The Morgan fingerprint density at radius 1 is 1.46 bits per heavy atom. The Morgan fingerprint density at radius 2 is 2.15 bits per heavy atom. The van der Waals surface area contributed by atoms with Crippen LogP contribution >= 0.6 is 0 Å². The van der Waals surface area contributed by atoms with E-state index in [1.807, 2.05) is 12.1 Å². The molecule has 0 atom stereocenters. The third-order valence-corrected chi connectivity index (χ3v) is 2.47. The van der Waals surface area contributed by atoms with Gasteiger partial charge in [0.15, 0.2) is 0 Å². The van der Waals surface area contributed by atoms with Gasteiger partial charge in [0.1, 0.15) is 0 Å². The van der Waals surface area contributed by atoms with Gasteiger partial charge >= 0.3 is 0 Å². The number of pyridine rings is 1. The van der Waals surface area contributed by atoms with Crippen LogP contribution < -0.4 is 0 Å². The number of aromatic nitrogens is 1. The van der Waals surface area contributed by atoms with Gasteiger partial charge in [-0.3, -0.25) is 4.98 Å². The van der Waals surface area contributed by atoms with Gasteiger partial charge in [0.2, 0.25) is 0 Å². The Morgan fingerprint density at radius 3 is 2.62 bits per heavy atom. The molecule has 0 amide bonds. The van der Waals surface area contributed by atoms with Gasteiger partial charge in [-0.05, 0) is 17.7 Å². The molecule has 0 bridgehead atoms. The number of nitrogens with zero attached hydrogens (tertiary/aromatic N) is 2. The molecule has 0 N–H and O–H groups in total. The van der Waals surface area contributed by atoms with E-state index in [1.165, 1.54) is 0 Å². The van der Waals surface area contributed by atoms with Crippen LogP contribution in [0.1, 0.15) is 12.0 Å². The summed E-state index contributed by atoms with van der Waals surface area (Å²) in [6.45, 7) is 1.31. The van der Waals surface area contributed by atoms with Crippen LogP contribution in [0.5, 0.6) is 0 Å². The molecule has 0 saturated carbocycles. The maximum Gasteiger partial charge on any atom is 0.0632 e. The number of hydrogen-bond acceptors (Lipinski definition) is 3. The van der Waals surface area contributed by atoms with Crippen LogP contribution in [0.2, 0.25) is 0 Å². The van der Waals surface area contributed by atoms with Crippen molar-refractivity contribution in [1.29, 1.82) is 5.26 Å². The summed E-state index contributed by atoms with van der Waals surface area (Å²) in [6.07, 6.45) is 4.04. The molecule has 1 aliphatic heterocycles. The summed E-state index contributed by atoms with van der Waals surface area (Å²) >= 11 is 0. The zero-order valence-electron chi connectivity index (χ0n) is 7.23. The molecule has 0 aromatic carbocycles. The largest absolute Gasteiger partial charge is 0.379 e.